The van der Waals surface area contributed by atoms with Gasteiger partial charge in [-0.2, -0.15) is 0 Å². The molecule has 3 heteroatoms. The summed E-state index contributed by atoms with van der Waals surface area (Å²) in [5.41, 5.74) is 0. The minimum absolute atomic E-state index is 0.678. The van der Waals surface area contributed by atoms with Gasteiger partial charge < -0.3 is 4.52 Å². The Kier molecular flexibility index (Phi) is 1.48. The van der Waals surface area contributed by atoms with E-state index < -0.39 is 0 Å². The third-order valence-electron chi connectivity index (χ3n) is 0.701. The molecule has 0 saturated carbocycles. The maximum absolute atomic E-state index is 4.70. The number of rotatable bonds is 1. The zero-order valence-corrected chi connectivity index (χ0v) is 5.68. The maximum atomic E-state index is 4.70. The number of nitrogens with zero attached hydrogens (tertiary/aromatic N) is 1. The van der Waals surface area contributed by atoms with Crippen molar-refractivity contribution in [1.82, 2.24) is 5.16 Å². The van der Waals surface area contributed by atoms with E-state index in [1.54, 1.807) is 12.1 Å². The van der Waals surface area contributed by atoms with Crippen LogP contribution in [0.1, 0.15) is 5.76 Å². The van der Waals surface area contributed by atoms with Gasteiger partial charge in [0, 0.05) is 6.07 Å². The van der Waals surface area contributed by atoms with Crippen LogP contribution in [0.2, 0.25) is 0 Å². The third-order valence-corrected chi connectivity index (χ3v) is 1.07. The standard InChI is InChI=1S/C5H4BrNO/c1-2-4-3-5(6)7-8-4/h2-3H,1H2. The molecule has 0 amide bonds. The normalized spacial score (nSPS) is 9.12. The largest absolute Gasteiger partial charge is 0.356 e. The zero-order valence-electron chi connectivity index (χ0n) is 4.10. The SMILES string of the molecule is C=Cc1cc(Br)no1. The van der Waals surface area contributed by atoms with E-state index in [4.69, 9.17) is 4.52 Å². The lowest BCUT2D eigenvalue weighted by Gasteiger charge is -1.69. The van der Waals surface area contributed by atoms with Gasteiger partial charge in [-0.15, -0.1) is 0 Å². The lowest BCUT2D eigenvalue weighted by molar-refractivity contribution is 0.409. The molecule has 8 heavy (non-hydrogen) atoms. The van der Waals surface area contributed by atoms with Gasteiger partial charge in [0.05, 0.1) is 0 Å². The first-order valence-electron chi connectivity index (χ1n) is 2.07. The van der Waals surface area contributed by atoms with Crippen LogP contribution in [-0.4, -0.2) is 5.16 Å². The second kappa shape index (κ2) is 2.13. The lowest BCUT2D eigenvalue weighted by atomic mass is 10.5. The molecule has 42 valence electrons. The Morgan fingerprint density at radius 3 is 2.88 bits per heavy atom. The van der Waals surface area contributed by atoms with Gasteiger partial charge >= 0.3 is 0 Å². The fourth-order valence-electron chi connectivity index (χ4n) is 0.363. The molecular formula is C5H4BrNO. The topological polar surface area (TPSA) is 26.0 Å². The van der Waals surface area contributed by atoms with Crippen LogP contribution in [0.3, 0.4) is 0 Å². The molecule has 0 aliphatic heterocycles. The highest BCUT2D eigenvalue weighted by atomic mass is 79.9. The quantitative estimate of drug-likeness (QED) is 0.651. The average molecular weight is 174 g/mol. The molecule has 0 fully saturated rings. The molecule has 0 spiro atoms. The number of aromatic nitrogens is 1. The smallest absolute Gasteiger partial charge is 0.160 e. The minimum atomic E-state index is 0.678. The van der Waals surface area contributed by atoms with E-state index in [2.05, 4.69) is 27.7 Å². The zero-order chi connectivity index (χ0) is 5.98. The van der Waals surface area contributed by atoms with Crippen molar-refractivity contribution >= 4 is 22.0 Å². The Hall–Kier alpha value is -0.570. The van der Waals surface area contributed by atoms with Gasteiger partial charge in [-0.25, -0.2) is 0 Å². The van der Waals surface area contributed by atoms with Crippen LogP contribution in [-0.2, 0) is 0 Å². The van der Waals surface area contributed by atoms with E-state index in [1.165, 1.54) is 0 Å². The van der Waals surface area contributed by atoms with Crippen molar-refractivity contribution < 1.29 is 4.52 Å². The molecule has 1 aromatic heterocycles. The van der Waals surface area contributed by atoms with Gasteiger partial charge in [0.25, 0.3) is 0 Å². The molecule has 0 radical (unpaired) electrons. The van der Waals surface area contributed by atoms with Crippen LogP contribution < -0.4 is 0 Å². The van der Waals surface area contributed by atoms with Crippen molar-refractivity contribution in [2.24, 2.45) is 0 Å². The third kappa shape index (κ3) is 0.980. The summed E-state index contributed by atoms with van der Waals surface area (Å²) in [6.45, 7) is 3.49. The fourth-order valence-corrected chi connectivity index (χ4v) is 0.661. The van der Waals surface area contributed by atoms with E-state index >= 15 is 0 Å². The predicted molar refractivity (Wildman–Crippen MR) is 34.3 cm³/mol. The van der Waals surface area contributed by atoms with Gasteiger partial charge in [0.1, 0.15) is 4.60 Å². The summed E-state index contributed by atoms with van der Waals surface area (Å²) in [6, 6.07) is 1.74. The summed E-state index contributed by atoms with van der Waals surface area (Å²) in [7, 11) is 0. The Bertz CT molecular complexity index is 194. The van der Waals surface area contributed by atoms with Crippen LogP contribution in [0.4, 0.5) is 0 Å². The summed E-state index contributed by atoms with van der Waals surface area (Å²) >= 11 is 3.12. The molecule has 0 aliphatic rings. The van der Waals surface area contributed by atoms with E-state index in [0.717, 1.165) is 0 Å². The lowest BCUT2D eigenvalue weighted by Crippen LogP contribution is -1.52. The van der Waals surface area contributed by atoms with Crippen LogP contribution in [0.5, 0.6) is 0 Å². The van der Waals surface area contributed by atoms with E-state index in [1.807, 2.05) is 0 Å². The second-order valence-corrected chi connectivity index (χ2v) is 2.07. The van der Waals surface area contributed by atoms with Gasteiger partial charge in [-0.1, -0.05) is 11.7 Å². The summed E-state index contributed by atoms with van der Waals surface area (Å²) in [6.07, 6.45) is 1.60. The maximum Gasteiger partial charge on any atom is 0.160 e. The van der Waals surface area contributed by atoms with Gasteiger partial charge in [0.2, 0.25) is 0 Å². The molecular weight excluding hydrogens is 170 g/mol. The Labute approximate surface area is 55.3 Å². The molecule has 1 rings (SSSR count). The second-order valence-electron chi connectivity index (χ2n) is 1.26. The van der Waals surface area contributed by atoms with Gasteiger partial charge in [0.15, 0.2) is 5.76 Å². The highest BCUT2D eigenvalue weighted by Gasteiger charge is 1.92. The number of hydrogen-bond acceptors (Lipinski definition) is 2. The Morgan fingerprint density at radius 1 is 1.88 bits per heavy atom. The van der Waals surface area contributed by atoms with Crippen LogP contribution >= 0.6 is 15.9 Å². The first-order valence-corrected chi connectivity index (χ1v) is 2.87. The highest BCUT2D eigenvalue weighted by molar-refractivity contribution is 9.10. The van der Waals surface area contributed by atoms with Gasteiger partial charge in [-0.3, -0.25) is 0 Å². The first-order chi connectivity index (χ1) is 3.83. The molecule has 0 aliphatic carbocycles. The molecule has 0 N–H and O–H groups in total. The van der Waals surface area contributed by atoms with Crippen molar-refractivity contribution in [3.05, 3.63) is 23.0 Å². The summed E-state index contributed by atoms with van der Waals surface area (Å²) < 4.78 is 5.40. The summed E-state index contributed by atoms with van der Waals surface area (Å²) in [5.74, 6) is 0.678. The summed E-state index contributed by atoms with van der Waals surface area (Å²) in [4.78, 5) is 0. The van der Waals surface area contributed by atoms with Crippen LogP contribution in [0.15, 0.2) is 21.8 Å². The molecule has 0 bridgehead atoms. The van der Waals surface area contributed by atoms with Gasteiger partial charge in [-0.05, 0) is 22.0 Å². The van der Waals surface area contributed by atoms with Crippen molar-refractivity contribution in [3.63, 3.8) is 0 Å². The molecule has 2 nitrogen and oxygen atoms in total. The first kappa shape index (κ1) is 5.56. The molecule has 0 aromatic carbocycles. The average Bonchev–Trinajstić information content (AvgIpc) is 2.14. The van der Waals surface area contributed by atoms with E-state index in [-0.39, 0.29) is 0 Å². The molecule has 0 atom stereocenters. The fraction of sp³-hybridized carbons (Fsp3) is 0. The highest BCUT2D eigenvalue weighted by Crippen LogP contribution is 2.09. The molecule has 0 unspecified atom stereocenters. The van der Waals surface area contributed by atoms with Crippen molar-refractivity contribution in [2.45, 2.75) is 0 Å². The Balaban J connectivity index is 3.00. The van der Waals surface area contributed by atoms with E-state index in [0.29, 0.717) is 10.4 Å². The molecule has 0 saturated heterocycles. The molecule has 1 aromatic rings. The number of halogens is 1. The predicted octanol–water partition coefficient (Wildman–Crippen LogP) is 2.08. The van der Waals surface area contributed by atoms with Crippen molar-refractivity contribution in [1.29, 1.82) is 0 Å². The summed E-state index contributed by atoms with van der Waals surface area (Å²) in [5, 5.41) is 3.56. The van der Waals surface area contributed by atoms with Crippen molar-refractivity contribution in [2.75, 3.05) is 0 Å². The van der Waals surface area contributed by atoms with Crippen LogP contribution in [0, 0.1) is 0 Å². The van der Waals surface area contributed by atoms with Crippen LogP contribution in [0.25, 0.3) is 6.08 Å². The Morgan fingerprint density at radius 2 is 2.62 bits per heavy atom. The number of hydrogen-bond donors (Lipinski definition) is 0. The van der Waals surface area contributed by atoms with E-state index in [9.17, 15) is 0 Å². The molecule has 1 heterocycles. The monoisotopic (exact) mass is 173 g/mol. The minimum Gasteiger partial charge on any atom is -0.356 e. The van der Waals surface area contributed by atoms with Crippen molar-refractivity contribution in [3.8, 4) is 0 Å².